The number of esters is 1. The summed E-state index contributed by atoms with van der Waals surface area (Å²) in [4.78, 5) is 27.1. The summed E-state index contributed by atoms with van der Waals surface area (Å²) in [6, 6.07) is 7.04. The first-order valence-corrected chi connectivity index (χ1v) is 12.6. The fourth-order valence-corrected chi connectivity index (χ4v) is 4.16. The first kappa shape index (κ1) is 27.8. The predicted molar refractivity (Wildman–Crippen MR) is 139 cm³/mol. The molecule has 1 aromatic carbocycles. The Bertz CT molecular complexity index is 871. The Balaban J connectivity index is 2.04. The molecule has 0 spiro atoms. The Morgan fingerprint density at radius 3 is 2.53 bits per heavy atom. The van der Waals surface area contributed by atoms with Crippen LogP contribution in [0.1, 0.15) is 76.8 Å². The van der Waals surface area contributed by atoms with Crippen LogP contribution in [0.4, 0.5) is 5.69 Å². The molecule has 2 N–H and O–H groups in total. The first-order valence-electron chi connectivity index (χ1n) is 12.2. The lowest BCUT2D eigenvalue weighted by atomic mass is 9.95. The maximum absolute atomic E-state index is 12.9. The number of allylic oxidation sites excluding steroid dienone is 1. The van der Waals surface area contributed by atoms with Gasteiger partial charge in [-0.15, -0.1) is 0 Å². The minimum absolute atomic E-state index is 0.00323. The normalized spacial score (nSPS) is 15.8. The zero-order valence-corrected chi connectivity index (χ0v) is 21.8. The van der Waals surface area contributed by atoms with E-state index in [2.05, 4.69) is 17.6 Å². The lowest BCUT2D eigenvalue weighted by Gasteiger charge is -2.35. The number of nitrogens with zero attached hydrogens (tertiary/aromatic N) is 1. The quantitative estimate of drug-likeness (QED) is 0.214. The topological polar surface area (TPSA) is 79.9 Å². The van der Waals surface area contributed by atoms with Crippen molar-refractivity contribution in [1.29, 1.82) is 0 Å². The lowest BCUT2D eigenvalue weighted by molar-refractivity contribution is -0.140. The van der Waals surface area contributed by atoms with Gasteiger partial charge in [0.1, 0.15) is 6.61 Å². The molecule has 1 atom stereocenters. The van der Waals surface area contributed by atoms with Crippen molar-refractivity contribution in [2.75, 3.05) is 32.7 Å². The van der Waals surface area contributed by atoms with Gasteiger partial charge in [-0.2, -0.15) is 0 Å². The van der Waals surface area contributed by atoms with Crippen LogP contribution in [0.25, 0.3) is 0 Å². The van der Waals surface area contributed by atoms with E-state index in [0.29, 0.717) is 29.4 Å². The van der Waals surface area contributed by atoms with Gasteiger partial charge in [-0.3, -0.25) is 4.79 Å². The number of hydrogen-bond donors (Lipinski definition) is 2. The van der Waals surface area contributed by atoms with E-state index < -0.39 is 12.0 Å². The molecule has 1 amide bonds. The third kappa shape index (κ3) is 8.40. The van der Waals surface area contributed by atoms with Crippen molar-refractivity contribution < 1.29 is 19.1 Å². The third-order valence-corrected chi connectivity index (χ3v) is 6.40. The van der Waals surface area contributed by atoms with Gasteiger partial charge >= 0.3 is 5.97 Å². The summed E-state index contributed by atoms with van der Waals surface area (Å²) in [6.07, 6.45) is 8.70. The highest BCUT2D eigenvalue weighted by molar-refractivity contribution is 7.80. The molecule has 188 valence electrons. The van der Waals surface area contributed by atoms with Gasteiger partial charge < -0.3 is 25.0 Å². The number of thiocarbonyl (C=S) groups is 1. The van der Waals surface area contributed by atoms with Gasteiger partial charge in [-0.05, 0) is 43.3 Å². The number of nitrogens with one attached hydrogen (secondary N) is 2. The van der Waals surface area contributed by atoms with Crippen LogP contribution < -0.4 is 10.6 Å². The van der Waals surface area contributed by atoms with Crippen molar-refractivity contribution in [3.8, 4) is 0 Å². The molecule has 2 rings (SSSR count). The van der Waals surface area contributed by atoms with Gasteiger partial charge in [0.05, 0.1) is 18.2 Å². The summed E-state index contributed by atoms with van der Waals surface area (Å²) >= 11 is 5.46. The van der Waals surface area contributed by atoms with Gasteiger partial charge in [-0.1, -0.05) is 57.6 Å². The Morgan fingerprint density at radius 2 is 1.82 bits per heavy atom. The van der Waals surface area contributed by atoms with Crippen molar-refractivity contribution >= 4 is 34.9 Å². The number of anilines is 1. The summed E-state index contributed by atoms with van der Waals surface area (Å²) in [5.74, 6) is -0.418. The van der Waals surface area contributed by atoms with Crippen LogP contribution in [-0.4, -0.2) is 49.3 Å². The van der Waals surface area contributed by atoms with Crippen LogP contribution in [-0.2, 0) is 19.1 Å². The SMILES string of the molecule is CCCCCCCCCC(=O)Nc1cccc(C2NC(=S)N(C)C(C)=C2C(=O)OCCOC)c1. The number of ether oxygens (including phenoxy) is 2. The number of amides is 1. The number of methoxy groups -OCH3 is 1. The van der Waals surface area contributed by atoms with Crippen molar-refractivity contribution in [2.24, 2.45) is 0 Å². The molecule has 0 radical (unpaired) electrons. The Hall–Kier alpha value is -2.45. The van der Waals surface area contributed by atoms with E-state index in [1.54, 1.807) is 12.0 Å². The van der Waals surface area contributed by atoms with Crippen LogP contribution in [0.15, 0.2) is 35.5 Å². The van der Waals surface area contributed by atoms with E-state index in [1.807, 2.05) is 38.2 Å². The number of unbranched alkanes of at least 4 members (excludes halogenated alkanes) is 6. The average Bonchev–Trinajstić information content (AvgIpc) is 2.82. The zero-order valence-electron chi connectivity index (χ0n) is 20.9. The second kappa shape index (κ2) is 14.7. The highest BCUT2D eigenvalue weighted by Gasteiger charge is 2.33. The second-order valence-electron chi connectivity index (χ2n) is 8.61. The molecule has 7 nitrogen and oxygen atoms in total. The zero-order chi connectivity index (χ0) is 24.9. The number of hydrogen-bond acceptors (Lipinski definition) is 5. The van der Waals surface area contributed by atoms with Gasteiger partial charge in [0.25, 0.3) is 0 Å². The standard InChI is InChI=1S/C26H39N3O4S/c1-5-6-7-8-9-10-11-15-22(30)27-21-14-12-13-20(18-21)24-23(25(31)33-17-16-32-4)19(2)29(3)26(34)28-24/h12-14,18,24H,5-11,15-17H2,1-4H3,(H,27,30)(H,28,34). The maximum atomic E-state index is 12.9. The van der Waals surface area contributed by atoms with Crippen LogP contribution in [0, 0.1) is 0 Å². The fraction of sp³-hybridized carbons (Fsp3) is 0.577. The van der Waals surface area contributed by atoms with Gasteiger partial charge in [0, 0.05) is 32.0 Å². The van der Waals surface area contributed by atoms with E-state index in [1.165, 1.54) is 32.1 Å². The smallest absolute Gasteiger partial charge is 0.338 e. The highest BCUT2D eigenvalue weighted by atomic mass is 32.1. The summed E-state index contributed by atoms with van der Waals surface area (Å²) in [5, 5.41) is 6.74. The molecular formula is C26H39N3O4S. The maximum Gasteiger partial charge on any atom is 0.338 e. The van der Waals surface area contributed by atoms with E-state index >= 15 is 0 Å². The number of rotatable bonds is 14. The molecule has 8 heteroatoms. The van der Waals surface area contributed by atoms with Crippen molar-refractivity contribution in [1.82, 2.24) is 10.2 Å². The molecule has 0 saturated carbocycles. The minimum Gasteiger partial charge on any atom is -0.460 e. The number of carbonyl (C=O) groups excluding carboxylic acids is 2. The molecule has 1 heterocycles. The van der Waals surface area contributed by atoms with Crippen molar-refractivity contribution in [2.45, 2.75) is 71.3 Å². The molecule has 34 heavy (non-hydrogen) atoms. The monoisotopic (exact) mass is 489 g/mol. The summed E-state index contributed by atoms with van der Waals surface area (Å²) in [7, 11) is 3.37. The summed E-state index contributed by atoms with van der Waals surface area (Å²) in [6.45, 7) is 4.55. The molecule has 0 saturated heterocycles. The average molecular weight is 490 g/mol. The van der Waals surface area contributed by atoms with Crippen LogP contribution in [0.2, 0.25) is 0 Å². The number of carbonyl (C=O) groups is 2. The fourth-order valence-electron chi connectivity index (χ4n) is 3.91. The van der Waals surface area contributed by atoms with E-state index in [0.717, 1.165) is 24.1 Å². The van der Waals surface area contributed by atoms with Gasteiger partial charge in [0.2, 0.25) is 5.91 Å². The molecule has 0 bridgehead atoms. The predicted octanol–water partition coefficient (Wildman–Crippen LogP) is 5.09. The Morgan fingerprint density at radius 1 is 1.12 bits per heavy atom. The summed E-state index contributed by atoms with van der Waals surface area (Å²) < 4.78 is 10.4. The minimum atomic E-state index is -0.473. The van der Waals surface area contributed by atoms with Crippen LogP contribution in [0.3, 0.4) is 0 Å². The van der Waals surface area contributed by atoms with Crippen molar-refractivity contribution in [3.05, 3.63) is 41.1 Å². The van der Waals surface area contributed by atoms with Gasteiger partial charge in [0.15, 0.2) is 5.11 Å². The van der Waals surface area contributed by atoms with E-state index in [9.17, 15) is 9.59 Å². The van der Waals surface area contributed by atoms with Crippen molar-refractivity contribution in [3.63, 3.8) is 0 Å². The molecule has 0 aromatic heterocycles. The second-order valence-corrected chi connectivity index (χ2v) is 9.00. The molecular weight excluding hydrogens is 450 g/mol. The first-order chi connectivity index (χ1) is 16.4. The lowest BCUT2D eigenvalue weighted by Crippen LogP contribution is -2.46. The third-order valence-electron chi connectivity index (χ3n) is 6.01. The molecule has 1 aliphatic heterocycles. The van der Waals surface area contributed by atoms with Crippen LogP contribution >= 0.6 is 12.2 Å². The van der Waals surface area contributed by atoms with E-state index in [-0.39, 0.29) is 12.5 Å². The van der Waals surface area contributed by atoms with Gasteiger partial charge in [-0.25, -0.2) is 4.79 Å². The Labute approximate surface area is 209 Å². The molecule has 0 aliphatic carbocycles. The molecule has 0 fully saturated rings. The van der Waals surface area contributed by atoms with E-state index in [4.69, 9.17) is 21.7 Å². The molecule has 1 aliphatic rings. The molecule has 1 aromatic rings. The highest BCUT2D eigenvalue weighted by Crippen LogP contribution is 2.32. The number of benzene rings is 1. The summed E-state index contributed by atoms with van der Waals surface area (Å²) in [5.41, 5.74) is 2.73. The Kier molecular flexibility index (Phi) is 12.0. The molecule has 1 unspecified atom stereocenters. The van der Waals surface area contributed by atoms with Crippen LogP contribution in [0.5, 0.6) is 0 Å². The largest absolute Gasteiger partial charge is 0.460 e.